The summed E-state index contributed by atoms with van der Waals surface area (Å²) >= 11 is 0. The van der Waals surface area contributed by atoms with Gasteiger partial charge in [0.1, 0.15) is 0 Å². The third kappa shape index (κ3) is 6.33. The van der Waals surface area contributed by atoms with Crippen molar-refractivity contribution < 1.29 is 22.0 Å². The van der Waals surface area contributed by atoms with Gasteiger partial charge in [0.15, 0.2) is 11.6 Å². The number of carbonyl (C=O) groups is 1. The molecule has 0 atom stereocenters. The summed E-state index contributed by atoms with van der Waals surface area (Å²) in [6.45, 7) is 1.88. The van der Waals surface area contributed by atoms with Crippen LogP contribution in [0.4, 0.5) is 26.1 Å². The SMILES string of the molecule is Cc1ccc(S(=O)(=O)N(C)C)cc1Nc1cnc(NC(=O)Cc2ccc(F)c(F)c2)nc1C1CCCCC1. The molecule has 202 valence electrons. The molecule has 0 spiro atoms. The van der Waals surface area contributed by atoms with E-state index in [1.807, 2.05) is 6.92 Å². The van der Waals surface area contributed by atoms with Gasteiger partial charge in [-0.2, -0.15) is 0 Å². The van der Waals surface area contributed by atoms with E-state index in [1.165, 1.54) is 20.2 Å². The van der Waals surface area contributed by atoms with Crippen LogP contribution in [0.2, 0.25) is 0 Å². The number of carbonyl (C=O) groups excluding carboxylic acids is 1. The first-order valence-electron chi connectivity index (χ1n) is 12.5. The zero-order valence-corrected chi connectivity index (χ0v) is 22.4. The predicted molar refractivity (Wildman–Crippen MR) is 142 cm³/mol. The van der Waals surface area contributed by atoms with E-state index >= 15 is 0 Å². The maximum Gasteiger partial charge on any atom is 0.242 e. The summed E-state index contributed by atoms with van der Waals surface area (Å²) in [4.78, 5) is 21.7. The van der Waals surface area contributed by atoms with E-state index in [0.29, 0.717) is 16.9 Å². The monoisotopic (exact) mass is 543 g/mol. The van der Waals surface area contributed by atoms with Crippen LogP contribution in [-0.4, -0.2) is 42.7 Å². The van der Waals surface area contributed by atoms with Crippen LogP contribution in [-0.2, 0) is 21.2 Å². The maximum absolute atomic E-state index is 13.5. The third-order valence-electron chi connectivity index (χ3n) is 6.67. The molecule has 2 aromatic carbocycles. The molecule has 0 radical (unpaired) electrons. The Hall–Kier alpha value is -3.44. The van der Waals surface area contributed by atoms with Gasteiger partial charge in [-0.1, -0.05) is 31.4 Å². The van der Waals surface area contributed by atoms with Crippen LogP contribution in [0.25, 0.3) is 0 Å². The highest BCUT2D eigenvalue weighted by molar-refractivity contribution is 7.89. The van der Waals surface area contributed by atoms with Crippen molar-refractivity contribution in [1.82, 2.24) is 14.3 Å². The molecule has 0 unspecified atom stereocenters. The Balaban J connectivity index is 1.61. The summed E-state index contributed by atoms with van der Waals surface area (Å²) in [5, 5.41) is 5.98. The molecule has 1 heterocycles. The van der Waals surface area contributed by atoms with Gasteiger partial charge in [-0.15, -0.1) is 0 Å². The van der Waals surface area contributed by atoms with Crippen molar-refractivity contribution in [3.05, 3.63) is 71.1 Å². The van der Waals surface area contributed by atoms with E-state index < -0.39 is 27.6 Å². The van der Waals surface area contributed by atoms with Gasteiger partial charge in [-0.25, -0.2) is 31.5 Å². The van der Waals surface area contributed by atoms with Gasteiger partial charge in [0.2, 0.25) is 21.9 Å². The quantitative estimate of drug-likeness (QED) is 0.400. The number of halogens is 2. The number of hydrogen-bond acceptors (Lipinski definition) is 6. The average molecular weight is 544 g/mol. The van der Waals surface area contributed by atoms with Crippen molar-refractivity contribution in [3.63, 3.8) is 0 Å². The average Bonchev–Trinajstić information content (AvgIpc) is 2.88. The first-order chi connectivity index (χ1) is 18.0. The molecular formula is C27H31F2N5O3S. The van der Waals surface area contributed by atoms with Crippen LogP contribution in [0.1, 0.15) is 54.8 Å². The Kier molecular flexibility index (Phi) is 8.37. The fourth-order valence-electron chi connectivity index (χ4n) is 4.49. The van der Waals surface area contributed by atoms with Crippen molar-refractivity contribution in [2.75, 3.05) is 24.7 Å². The highest BCUT2D eigenvalue weighted by Gasteiger charge is 2.23. The van der Waals surface area contributed by atoms with Crippen LogP contribution in [0.3, 0.4) is 0 Å². The van der Waals surface area contributed by atoms with E-state index in [1.54, 1.807) is 24.4 Å². The Labute approximate surface area is 221 Å². The molecule has 4 rings (SSSR count). The van der Waals surface area contributed by atoms with E-state index in [2.05, 4.69) is 20.6 Å². The number of nitrogens with zero attached hydrogens (tertiary/aromatic N) is 3. The number of nitrogens with one attached hydrogen (secondary N) is 2. The van der Waals surface area contributed by atoms with Crippen LogP contribution < -0.4 is 10.6 Å². The zero-order chi connectivity index (χ0) is 27.4. The van der Waals surface area contributed by atoms with E-state index in [4.69, 9.17) is 0 Å². The molecule has 2 N–H and O–H groups in total. The highest BCUT2D eigenvalue weighted by atomic mass is 32.2. The summed E-state index contributed by atoms with van der Waals surface area (Å²) in [6.07, 6.45) is 6.54. The van der Waals surface area contributed by atoms with Gasteiger partial charge in [0, 0.05) is 25.7 Å². The number of aromatic nitrogens is 2. The standard InChI is InChI=1S/C27H31F2N5O3S/c1-17-9-11-20(38(36,37)34(2)3)15-23(17)31-24-16-30-27(33-26(24)19-7-5-4-6-8-19)32-25(35)14-18-10-12-21(28)22(29)13-18/h9-13,15-16,19,31H,4-8,14H2,1-3H3,(H,30,32,33,35). The number of amides is 1. The molecule has 0 bridgehead atoms. The number of hydrogen-bond donors (Lipinski definition) is 2. The molecule has 1 aromatic heterocycles. The van der Waals surface area contributed by atoms with Gasteiger partial charge in [0.25, 0.3) is 0 Å². The van der Waals surface area contributed by atoms with Crippen molar-refractivity contribution in [2.45, 2.75) is 56.3 Å². The van der Waals surface area contributed by atoms with Crippen molar-refractivity contribution in [2.24, 2.45) is 0 Å². The third-order valence-corrected chi connectivity index (χ3v) is 8.48. The van der Waals surface area contributed by atoms with Gasteiger partial charge >= 0.3 is 0 Å². The largest absolute Gasteiger partial charge is 0.353 e. The summed E-state index contributed by atoms with van der Waals surface area (Å²) < 4.78 is 53.2. The normalized spacial score (nSPS) is 14.5. The topological polar surface area (TPSA) is 104 Å². The number of rotatable bonds is 8. The minimum Gasteiger partial charge on any atom is -0.353 e. The van der Waals surface area contributed by atoms with E-state index in [0.717, 1.165) is 59.8 Å². The molecule has 1 amide bonds. The molecule has 8 nitrogen and oxygen atoms in total. The first-order valence-corrected chi connectivity index (χ1v) is 13.9. The molecule has 3 aromatic rings. The molecule has 1 aliphatic carbocycles. The molecule has 1 aliphatic rings. The van der Waals surface area contributed by atoms with Crippen molar-refractivity contribution in [1.29, 1.82) is 0 Å². The number of benzene rings is 2. The van der Waals surface area contributed by atoms with Gasteiger partial charge < -0.3 is 5.32 Å². The Morgan fingerprint density at radius 2 is 1.76 bits per heavy atom. The smallest absolute Gasteiger partial charge is 0.242 e. The predicted octanol–water partition coefficient (Wildman–Crippen LogP) is 5.29. The van der Waals surface area contributed by atoms with Crippen LogP contribution >= 0.6 is 0 Å². The molecule has 1 saturated carbocycles. The van der Waals surface area contributed by atoms with Crippen molar-refractivity contribution in [3.8, 4) is 0 Å². The minimum atomic E-state index is -3.62. The lowest BCUT2D eigenvalue weighted by atomic mass is 9.86. The second-order valence-corrected chi connectivity index (χ2v) is 11.8. The Morgan fingerprint density at radius 3 is 2.45 bits per heavy atom. The highest BCUT2D eigenvalue weighted by Crippen LogP contribution is 2.37. The second-order valence-electron chi connectivity index (χ2n) is 9.69. The van der Waals surface area contributed by atoms with Crippen LogP contribution in [0, 0.1) is 18.6 Å². The summed E-state index contributed by atoms with van der Waals surface area (Å²) in [5.74, 6) is -2.18. The summed E-state index contributed by atoms with van der Waals surface area (Å²) in [7, 11) is -0.654. The minimum absolute atomic E-state index is 0.115. The molecule has 0 saturated heterocycles. The lowest BCUT2D eigenvalue weighted by Crippen LogP contribution is -2.22. The lowest BCUT2D eigenvalue weighted by molar-refractivity contribution is -0.115. The fraction of sp³-hybridized carbons (Fsp3) is 0.370. The summed E-state index contributed by atoms with van der Waals surface area (Å²) in [6, 6.07) is 8.23. The number of anilines is 3. The number of aryl methyl sites for hydroxylation is 1. The molecule has 1 fully saturated rings. The second kappa shape index (κ2) is 11.5. The Bertz CT molecular complexity index is 1440. The lowest BCUT2D eigenvalue weighted by Gasteiger charge is -2.24. The first kappa shape index (κ1) is 27.6. The van der Waals surface area contributed by atoms with Crippen LogP contribution in [0.5, 0.6) is 0 Å². The van der Waals surface area contributed by atoms with Crippen molar-refractivity contribution >= 4 is 33.3 Å². The molecule has 11 heteroatoms. The van der Waals surface area contributed by atoms with E-state index in [9.17, 15) is 22.0 Å². The molecular weight excluding hydrogens is 512 g/mol. The fourth-order valence-corrected chi connectivity index (χ4v) is 5.42. The maximum atomic E-state index is 13.5. The number of sulfonamides is 1. The van der Waals surface area contributed by atoms with E-state index in [-0.39, 0.29) is 23.2 Å². The molecule has 0 aliphatic heterocycles. The van der Waals surface area contributed by atoms with Crippen LogP contribution in [0.15, 0.2) is 47.5 Å². The Morgan fingerprint density at radius 1 is 1.03 bits per heavy atom. The molecule has 38 heavy (non-hydrogen) atoms. The van der Waals surface area contributed by atoms with Gasteiger partial charge in [-0.05, 0) is 55.2 Å². The van der Waals surface area contributed by atoms with Gasteiger partial charge in [0.05, 0.1) is 28.9 Å². The zero-order valence-electron chi connectivity index (χ0n) is 21.6. The summed E-state index contributed by atoms with van der Waals surface area (Å²) in [5.41, 5.74) is 3.17. The van der Waals surface area contributed by atoms with Gasteiger partial charge in [-0.3, -0.25) is 10.1 Å².